The molecule has 0 amide bonds. The fourth-order valence-corrected chi connectivity index (χ4v) is 6.79. The van der Waals surface area contributed by atoms with Gasteiger partial charge in [0, 0.05) is 40.3 Å². The summed E-state index contributed by atoms with van der Waals surface area (Å²) >= 11 is 3.23. The normalized spacial score (nSPS) is 14.2. The monoisotopic (exact) mass is 585 g/mol. The van der Waals surface area contributed by atoms with Gasteiger partial charge in [-0.2, -0.15) is 9.13 Å². The Morgan fingerprint density at radius 1 is 0.951 bits per heavy atom. The zero-order valence-corrected chi connectivity index (χ0v) is 25.0. The number of ether oxygens (including phenoxy) is 2. The molecular formula is C32H31N3O4S2+2. The number of aryl methyl sites for hydroxylation is 2. The molecule has 0 saturated heterocycles. The van der Waals surface area contributed by atoms with Gasteiger partial charge in [0.05, 0.1) is 24.9 Å². The van der Waals surface area contributed by atoms with Crippen LogP contribution in [0.3, 0.4) is 0 Å². The predicted octanol–water partition coefficient (Wildman–Crippen LogP) is 5.45. The Morgan fingerprint density at radius 2 is 1.66 bits per heavy atom. The maximum absolute atomic E-state index is 12.3. The van der Waals surface area contributed by atoms with Gasteiger partial charge in [0.25, 0.3) is 5.01 Å². The van der Waals surface area contributed by atoms with Gasteiger partial charge in [0.1, 0.15) is 11.2 Å². The van der Waals surface area contributed by atoms with E-state index in [2.05, 4.69) is 49.0 Å². The molecule has 1 aliphatic rings. The third kappa shape index (κ3) is 6.42. The summed E-state index contributed by atoms with van der Waals surface area (Å²) < 4.78 is 15.1. The van der Waals surface area contributed by atoms with Crippen molar-refractivity contribution in [2.75, 3.05) is 25.7 Å². The molecule has 0 saturated carbocycles. The molecule has 0 aliphatic carbocycles. The van der Waals surface area contributed by atoms with Crippen LogP contribution in [0.5, 0.6) is 0 Å². The SMILES string of the molecule is COC(=O)CN1C(=CC=C(C=Cc2sc3ccccc3[n+]2CC(=O)OC)[n+]2cc(C)cc(C)c2)Sc2ccccc21. The molecular weight excluding hydrogens is 555 g/mol. The van der Waals surface area contributed by atoms with Gasteiger partial charge in [-0.05, 0) is 44.2 Å². The number of hydrogen-bond acceptors (Lipinski definition) is 7. The first-order valence-corrected chi connectivity index (χ1v) is 14.7. The molecule has 2 aromatic heterocycles. The van der Waals surface area contributed by atoms with E-state index in [1.54, 1.807) is 23.1 Å². The van der Waals surface area contributed by atoms with Crippen molar-refractivity contribution in [2.45, 2.75) is 25.3 Å². The van der Waals surface area contributed by atoms with Crippen LogP contribution in [-0.4, -0.2) is 32.7 Å². The average Bonchev–Trinajstić information content (AvgIpc) is 3.49. The Morgan fingerprint density at radius 3 is 2.41 bits per heavy atom. The topological polar surface area (TPSA) is 63.6 Å². The Bertz CT molecular complexity index is 1700. The minimum atomic E-state index is -0.305. The summed E-state index contributed by atoms with van der Waals surface area (Å²) in [4.78, 5) is 27.6. The van der Waals surface area contributed by atoms with Crippen LogP contribution in [-0.2, 0) is 25.6 Å². The average molecular weight is 586 g/mol. The first-order chi connectivity index (χ1) is 19.9. The standard InChI is InChI=1S/C32H31N3O4S2/c1-22-17-23(2)19-33(18-22)24(13-15-29-34(20-31(36)38-3)25-9-5-7-11-27(25)40-29)14-16-30-35(21-32(37)39-4)26-10-6-8-12-28(26)41-30/h5-19H,20-21H2,1-4H3/q+2. The largest absolute Gasteiger partial charge is 0.468 e. The van der Waals surface area contributed by atoms with Crippen molar-refractivity contribution < 1.29 is 28.2 Å². The van der Waals surface area contributed by atoms with Crippen molar-refractivity contribution in [2.24, 2.45) is 0 Å². The Hall–Kier alpha value is -4.21. The highest BCUT2D eigenvalue weighted by Crippen LogP contribution is 2.45. The summed E-state index contributed by atoms with van der Waals surface area (Å²) in [5, 5.41) is 1.85. The van der Waals surface area contributed by atoms with Crippen LogP contribution in [0.1, 0.15) is 16.1 Å². The van der Waals surface area contributed by atoms with Gasteiger partial charge < -0.3 is 14.4 Å². The lowest BCUT2D eigenvalue weighted by molar-refractivity contribution is -0.657. The molecule has 9 heteroatoms. The number of thioether (sulfide) groups is 1. The number of carbonyl (C=O) groups is 2. The highest BCUT2D eigenvalue weighted by Gasteiger charge is 2.27. The maximum Gasteiger partial charge on any atom is 0.372 e. The number of benzene rings is 2. The molecule has 0 fully saturated rings. The molecule has 1 aliphatic heterocycles. The van der Waals surface area contributed by atoms with E-state index in [1.165, 1.54) is 14.2 Å². The molecule has 4 aromatic rings. The third-order valence-electron chi connectivity index (χ3n) is 6.54. The van der Waals surface area contributed by atoms with Crippen LogP contribution >= 0.6 is 23.1 Å². The zero-order chi connectivity index (χ0) is 28.9. The summed E-state index contributed by atoms with van der Waals surface area (Å²) in [6.45, 7) is 4.39. The summed E-state index contributed by atoms with van der Waals surface area (Å²) in [6, 6.07) is 18.2. The molecule has 0 bridgehead atoms. The molecule has 3 heterocycles. The predicted molar refractivity (Wildman–Crippen MR) is 163 cm³/mol. The van der Waals surface area contributed by atoms with Crippen LogP contribution in [0.25, 0.3) is 22.0 Å². The first-order valence-electron chi connectivity index (χ1n) is 13.1. The van der Waals surface area contributed by atoms with Crippen molar-refractivity contribution in [1.82, 2.24) is 0 Å². The van der Waals surface area contributed by atoms with E-state index in [0.717, 1.165) is 47.7 Å². The number of esters is 2. The summed E-state index contributed by atoms with van der Waals surface area (Å²) in [7, 11) is 2.81. The van der Waals surface area contributed by atoms with E-state index in [4.69, 9.17) is 9.47 Å². The van der Waals surface area contributed by atoms with Crippen LogP contribution in [0.15, 0.2) is 95.1 Å². The number of fused-ring (bicyclic) bond motifs is 2. The van der Waals surface area contributed by atoms with Crippen molar-refractivity contribution in [3.63, 3.8) is 0 Å². The minimum Gasteiger partial charge on any atom is -0.468 e. The minimum absolute atomic E-state index is 0.122. The highest BCUT2D eigenvalue weighted by atomic mass is 32.2. The number of rotatable bonds is 8. The number of carbonyl (C=O) groups excluding carboxylic acids is 2. The van der Waals surface area contributed by atoms with Crippen LogP contribution in [0.2, 0.25) is 0 Å². The van der Waals surface area contributed by atoms with Gasteiger partial charge in [-0.3, -0.25) is 4.79 Å². The number of hydrogen-bond donors (Lipinski definition) is 0. The molecule has 41 heavy (non-hydrogen) atoms. The smallest absolute Gasteiger partial charge is 0.372 e. The van der Waals surface area contributed by atoms with E-state index < -0.39 is 0 Å². The number of pyridine rings is 1. The number of allylic oxidation sites excluding steroid dienone is 4. The fourth-order valence-electron chi connectivity index (χ4n) is 4.67. The molecule has 5 rings (SSSR count). The molecule has 2 aromatic carbocycles. The molecule has 0 N–H and O–H groups in total. The number of nitrogens with zero attached hydrogens (tertiary/aromatic N) is 3. The van der Waals surface area contributed by atoms with Gasteiger partial charge >= 0.3 is 11.9 Å². The number of thiazole rings is 1. The van der Waals surface area contributed by atoms with Gasteiger partial charge in [0.15, 0.2) is 12.4 Å². The number of methoxy groups -OCH3 is 2. The molecule has 7 nitrogen and oxygen atoms in total. The Balaban J connectivity index is 1.59. The number of anilines is 1. The number of aromatic nitrogens is 2. The van der Waals surface area contributed by atoms with Crippen molar-refractivity contribution >= 4 is 62.7 Å². The Kier molecular flexibility index (Phi) is 8.66. The van der Waals surface area contributed by atoms with E-state index in [-0.39, 0.29) is 25.0 Å². The Labute approximate surface area is 247 Å². The van der Waals surface area contributed by atoms with Gasteiger partial charge in [-0.15, -0.1) is 0 Å². The van der Waals surface area contributed by atoms with E-state index in [1.807, 2.05) is 70.2 Å². The van der Waals surface area contributed by atoms with Gasteiger partial charge in [-0.25, -0.2) is 4.79 Å². The quantitative estimate of drug-likeness (QED) is 0.156. The van der Waals surface area contributed by atoms with Gasteiger partial charge in [-0.1, -0.05) is 47.4 Å². The second kappa shape index (κ2) is 12.5. The maximum atomic E-state index is 12.3. The van der Waals surface area contributed by atoms with Crippen LogP contribution in [0, 0.1) is 13.8 Å². The lowest BCUT2D eigenvalue weighted by Crippen LogP contribution is -2.39. The van der Waals surface area contributed by atoms with Crippen molar-refractivity contribution in [1.29, 1.82) is 0 Å². The number of para-hydroxylation sites is 2. The molecule has 0 spiro atoms. The summed E-state index contributed by atoms with van der Waals surface area (Å²) in [5.74, 6) is -0.609. The first kappa shape index (κ1) is 28.3. The summed E-state index contributed by atoms with van der Waals surface area (Å²) in [6.07, 6.45) is 12.3. The fraction of sp³-hybridized carbons (Fsp3) is 0.188. The lowest BCUT2D eigenvalue weighted by Gasteiger charge is -2.18. The van der Waals surface area contributed by atoms with E-state index in [9.17, 15) is 9.59 Å². The van der Waals surface area contributed by atoms with Crippen molar-refractivity contribution in [3.8, 4) is 0 Å². The molecule has 0 unspecified atom stereocenters. The highest BCUT2D eigenvalue weighted by molar-refractivity contribution is 8.03. The third-order valence-corrected chi connectivity index (χ3v) is 8.80. The lowest BCUT2D eigenvalue weighted by atomic mass is 10.2. The molecule has 0 radical (unpaired) electrons. The van der Waals surface area contributed by atoms with Crippen LogP contribution in [0.4, 0.5) is 5.69 Å². The summed E-state index contributed by atoms with van der Waals surface area (Å²) in [5.41, 5.74) is 5.14. The van der Waals surface area contributed by atoms with Gasteiger partial charge in [0.2, 0.25) is 17.8 Å². The molecule has 0 atom stereocenters. The van der Waals surface area contributed by atoms with Crippen molar-refractivity contribution in [3.05, 3.63) is 106 Å². The second-order valence-electron chi connectivity index (χ2n) is 9.53. The van der Waals surface area contributed by atoms with E-state index in [0.29, 0.717) is 0 Å². The van der Waals surface area contributed by atoms with Crippen LogP contribution < -0.4 is 14.0 Å². The zero-order valence-electron chi connectivity index (χ0n) is 23.4. The van der Waals surface area contributed by atoms with E-state index >= 15 is 0 Å². The second-order valence-corrected chi connectivity index (χ2v) is 11.7. The molecule has 208 valence electrons.